The molecule has 0 spiro atoms. The van der Waals surface area contributed by atoms with Crippen LogP contribution in [0.4, 0.5) is 17.1 Å². The molecule has 0 aromatic heterocycles. The molecule has 0 aliphatic rings. The van der Waals surface area contributed by atoms with E-state index in [1.165, 1.54) is 32.0 Å². The highest BCUT2D eigenvalue weighted by Crippen LogP contribution is 2.33. The Hall–Kier alpha value is -3.54. The minimum atomic E-state index is -4.58. The van der Waals surface area contributed by atoms with E-state index >= 15 is 0 Å². The Morgan fingerprint density at radius 2 is 1.75 bits per heavy atom. The maximum Gasteiger partial charge on any atom is 0.324 e. The summed E-state index contributed by atoms with van der Waals surface area (Å²) in [6.45, 7) is 1.67. The second kappa shape index (κ2) is 7.60. The Labute approximate surface area is 159 Å². The van der Waals surface area contributed by atoms with Crippen molar-refractivity contribution < 1.29 is 28.2 Å². The molecule has 0 fully saturated rings. The summed E-state index contributed by atoms with van der Waals surface area (Å²) in [6.07, 6.45) is 0. The molecular weight excluding hydrogens is 394 g/mol. The van der Waals surface area contributed by atoms with Crippen molar-refractivity contribution in [1.29, 1.82) is 0 Å². The fourth-order valence-electron chi connectivity index (χ4n) is 2.60. The zero-order chi connectivity index (χ0) is 21.2. The molecule has 0 unspecified atom stereocenters. The van der Waals surface area contributed by atoms with Gasteiger partial charge in [-0.2, -0.15) is 0 Å². The number of hydrogen-bond acceptors (Lipinski definition) is 7. The number of carboxylic acids is 1. The standard InChI is InChI=1S/C16H15N3O8S/c1-10-6-7-12(18(22)23)8-15(10)28(26,27)17(9-16(20)21)13-4-3-5-14(11(13)2)19(24)25/h3-8H,9H2,1-2H3,(H,20,21). The molecule has 12 heteroatoms. The molecule has 0 saturated carbocycles. The number of carbonyl (C=O) groups is 1. The smallest absolute Gasteiger partial charge is 0.324 e. The molecule has 11 nitrogen and oxygen atoms in total. The largest absolute Gasteiger partial charge is 0.480 e. The van der Waals surface area contributed by atoms with Gasteiger partial charge in [0.05, 0.1) is 26.0 Å². The summed E-state index contributed by atoms with van der Waals surface area (Å²) in [5.41, 5.74) is -0.985. The third-order valence-electron chi connectivity index (χ3n) is 3.97. The summed E-state index contributed by atoms with van der Waals surface area (Å²) >= 11 is 0. The minimum Gasteiger partial charge on any atom is -0.480 e. The quantitative estimate of drug-likeness (QED) is 0.538. The summed E-state index contributed by atoms with van der Waals surface area (Å²) in [4.78, 5) is 31.5. The van der Waals surface area contributed by atoms with Gasteiger partial charge in [0.1, 0.15) is 6.54 Å². The number of nitro benzene ring substituents is 2. The van der Waals surface area contributed by atoms with Crippen LogP contribution in [0.15, 0.2) is 41.3 Å². The van der Waals surface area contributed by atoms with Gasteiger partial charge in [0.2, 0.25) is 0 Å². The van der Waals surface area contributed by atoms with Crippen molar-refractivity contribution in [3.05, 3.63) is 67.8 Å². The van der Waals surface area contributed by atoms with Gasteiger partial charge >= 0.3 is 5.97 Å². The zero-order valence-corrected chi connectivity index (χ0v) is 15.5. The van der Waals surface area contributed by atoms with Crippen molar-refractivity contribution in [3.63, 3.8) is 0 Å². The van der Waals surface area contributed by atoms with Crippen molar-refractivity contribution in [2.75, 3.05) is 10.8 Å². The van der Waals surface area contributed by atoms with Crippen LogP contribution in [0.2, 0.25) is 0 Å². The van der Waals surface area contributed by atoms with Crippen molar-refractivity contribution in [1.82, 2.24) is 0 Å². The molecule has 0 bridgehead atoms. The van der Waals surface area contributed by atoms with Crippen LogP contribution in [-0.2, 0) is 14.8 Å². The number of carboxylic acid groups (broad SMARTS) is 1. The van der Waals surface area contributed by atoms with E-state index in [2.05, 4.69) is 0 Å². The Morgan fingerprint density at radius 3 is 2.29 bits per heavy atom. The molecule has 0 aliphatic carbocycles. The molecule has 148 valence electrons. The first-order valence-corrected chi connectivity index (χ1v) is 9.14. The van der Waals surface area contributed by atoms with Gasteiger partial charge in [-0.05, 0) is 25.5 Å². The number of nitrogens with zero attached hydrogens (tertiary/aromatic N) is 3. The van der Waals surface area contributed by atoms with Gasteiger partial charge in [-0.15, -0.1) is 0 Å². The van der Waals surface area contributed by atoms with E-state index in [1.54, 1.807) is 0 Å². The van der Waals surface area contributed by atoms with E-state index in [0.717, 1.165) is 18.2 Å². The van der Waals surface area contributed by atoms with Gasteiger partial charge in [0, 0.05) is 18.2 Å². The average molecular weight is 409 g/mol. The topological polar surface area (TPSA) is 161 Å². The van der Waals surface area contributed by atoms with Gasteiger partial charge in [0.25, 0.3) is 21.4 Å². The van der Waals surface area contributed by atoms with Gasteiger partial charge in [-0.1, -0.05) is 12.1 Å². The second-order valence-electron chi connectivity index (χ2n) is 5.79. The van der Waals surface area contributed by atoms with Gasteiger partial charge in [-0.25, -0.2) is 8.42 Å². The SMILES string of the molecule is Cc1ccc([N+](=O)[O-])cc1S(=O)(=O)N(CC(=O)O)c1cccc([N+](=O)[O-])c1C. The van der Waals surface area contributed by atoms with Crippen LogP contribution in [0.5, 0.6) is 0 Å². The molecule has 1 N–H and O–H groups in total. The van der Waals surface area contributed by atoms with Crippen molar-refractivity contribution in [2.45, 2.75) is 18.7 Å². The summed E-state index contributed by atoms with van der Waals surface area (Å²) in [7, 11) is -4.58. The summed E-state index contributed by atoms with van der Waals surface area (Å²) in [5, 5.41) is 31.4. The summed E-state index contributed by atoms with van der Waals surface area (Å²) < 4.78 is 26.8. The monoisotopic (exact) mass is 409 g/mol. The highest BCUT2D eigenvalue weighted by Gasteiger charge is 2.32. The number of anilines is 1. The summed E-state index contributed by atoms with van der Waals surface area (Å²) in [6, 6.07) is 6.79. The molecule has 0 aliphatic heterocycles. The Morgan fingerprint density at radius 1 is 1.11 bits per heavy atom. The van der Waals surface area contributed by atoms with Crippen LogP contribution < -0.4 is 4.31 Å². The van der Waals surface area contributed by atoms with Crippen LogP contribution in [-0.4, -0.2) is 35.9 Å². The maximum atomic E-state index is 13.2. The molecule has 0 radical (unpaired) electrons. The number of aliphatic carboxylic acids is 1. The lowest BCUT2D eigenvalue weighted by Crippen LogP contribution is -2.36. The number of nitro groups is 2. The third kappa shape index (κ3) is 3.91. The molecule has 28 heavy (non-hydrogen) atoms. The van der Waals surface area contributed by atoms with E-state index in [9.17, 15) is 38.5 Å². The molecule has 0 amide bonds. The van der Waals surface area contributed by atoms with Crippen LogP contribution in [0.25, 0.3) is 0 Å². The lowest BCUT2D eigenvalue weighted by Gasteiger charge is -2.25. The number of sulfonamides is 1. The predicted molar refractivity (Wildman–Crippen MR) is 97.8 cm³/mol. The molecular formula is C16H15N3O8S. The van der Waals surface area contributed by atoms with Gasteiger partial charge in [0.15, 0.2) is 0 Å². The molecule has 0 heterocycles. The van der Waals surface area contributed by atoms with Crippen LogP contribution in [0, 0.1) is 34.1 Å². The maximum absolute atomic E-state index is 13.2. The van der Waals surface area contributed by atoms with E-state index in [-0.39, 0.29) is 22.5 Å². The van der Waals surface area contributed by atoms with Crippen molar-refractivity contribution in [2.24, 2.45) is 0 Å². The normalized spacial score (nSPS) is 11.1. The highest BCUT2D eigenvalue weighted by molar-refractivity contribution is 7.93. The third-order valence-corrected chi connectivity index (χ3v) is 5.87. The first-order chi connectivity index (χ1) is 13.0. The Kier molecular flexibility index (Phi) is 5.64. The number of non-ortho nitro benzene ring substituents is 1. The van der Waals surface area contributed by atoms with Crippen molar-refractivity contribution in [3.8, 4) is 0 Å². The lowest BCUT2D eigenvalue weighted by atomic mass is 10.1. The Bertz CT molecular complexity index is 1080. The van der Waals surface area contributed by atoms with E-state index in [4.69, 9.17) is 0 Å². The van der Waals surface area contributed by atoms with Crippen LogP contribution in [0.1, 0.15) is 11.1 Å². The molecule has 2 aromatic rings. The van der Waals surface area contributed by atoms with E-state index < -0.39 is 43.0 Å². The molecule has 2 aromatic carbocycles. The lowest BCUT2D eigenvalue weighted by molar-refractivity contribution is -0.385. The highest BCUT2D eigenvalue weighted by atomic mass is 32.2. The van der Waals surface area contributed by atoms with Gasteiger partial charge < -0.3 is 5.11 Å². The Balaban J connectivity index is 2.75. The molecule has 2 rings (SSSR count). The minimum absolute atomic E-state index is 0.0552. The number of hydrogen-bond donors (Lipinski definition) is 1. The fourth-order valence-corrected chi connectivity index (χ4v) is 4.32. The molecule has 0 saturated heterocycles. The number of benzene rings is 2. The van der Waals surface area contributed by atoms with E-state index in [1.807, 2.05) is 0 Å². The predicted octanol–water partition coefficient (Wildman–Crippen LogP) is 2.40. The summed E-state index contributed by atoms with van der Waals surface area (Å²) in [5.74, 6) is -1.50. The molecule has 0 atom stereocenters. The average Bonchev–Trinajstić information content (AvgIpc) is 2.59. The zero-order valence-electron chi connectivity index (χ0n) is 14.7. The van der Waals surface area contributed by atoms with Crippen LogP contribution >= 0.6 is 0 Å². The number of aryl methyl sites for hydroxylation is 1. The fraction of sp³-hybridized carbons (Fsp3) is 0.188. The van der Waals surface area contributed by atoms with Crippen molar-refractivity contribution >= 4 is 33.1 Å². The van der Waals surface area contributed by atoms with Crippen LogP contribution in [0.3, 0.4) is 0 Å². The van der Waals surface area contributed by atoms with Gasteiger partial charge in [-0.3, -0.25) is 29.3 Å². The second-order valence-corrected chi connectivity index (χ2v) is 7.62. The van der Waals surface area contributed by atoms with E-state index in [0.29, 0.717) is 4.31 Å². The first kappa shape index (κ1) is 20.8. The first-order valence-electron chi connectivity index (χ1n) is 7.70. The number of rotatable bonds is 7.